The Morgan fingerprint density at radius 1 is 0.403 bits per heavy atom. The lowest BCUT2D eigenvalue weighted by Crippen LogP contribution is -2.16. The normalized spacial score (nSPS) is 11.3. The van der Waals surface area contributed by atoms with Gasteiger partial charge in [0.25, 0.3) is 0 Å². The summed E-state index contributed by atoms with van der Waals surface area (Å²) in [5, 5.41) is 1.14. The smallest absolute Gasteiger partial charge is 0.137 e. The zero-order chi connectivity index (χ0) is 48.6. The van der Waals surface area contributed by atoms with Crippen LogP contribution in [0.4, 0.5) is 62.8 Å². The Hall–Kier alpha value is -9.46. The van der Waals surface area contributed by atoms with E-state index in [0.29, 0.717) is 0 Å². The van der Waals surface area contributed by atoms with Gasteiger partial charge in [0.15, 0.2) is 0 Å². The molecule has 0 spiro atoms. The van der Waals surface area contributed by atoms with Gasteiger partial charge in [-0.25, -0.2) is 9.97 Å². The van der Waals surface area contributed by atoms with Gasteiger partial charge in [0, 0.05) is 67.8 Å². The monoisotopic (exact) mass is 931 g/mol. The molecule has 11 rings (SSSR count). The lowest BCUT2D eigenvalue weighted by molar-refractivity contribution is 0.956. The maximum Gasteiger partial charge on any atom is 0.137 e. The number of allylic oxidation sites excluding steroid dienone is 1. The second-order valence-corrected chi connectivity index (χ2v) is 17.5. The summed E-state index contributed by atoms with van der Waals surface area (Å²) in [5.74, 6) is 1.66. The van der Waals surface area contributed by atoms with Gasteiger partial charge in [-0.2, -0.15) is 0 Å². The second-order valence-electron chi connectivity index (χ2n) is 17.5. The molecule has 0 saturated heterocycles. The molecule has 0 saturated carbocycles. The molecule has 0 radical (unpaired) electrons. The first-order valence-electron chi connectivity index (χ1n) is 24.5. The van der Waals surface area contributed by atoms with Crippen LogP contribution in [0.15, 0.2) is 273 Å². The van der Waals surface area contributed by atoms with Gasteiger partial charge < -0.3 is 14.4 Å². The zero-order valence-corrected chi connectivity index (χ0v) is 40.3. The summed E-state index contributed by atoms with van der Waals surface area (Å²) in [6.45, 7) is 4.45. The number of anilines is 11. The average Bonchev–Trinajstić information content (AvgIpc) is 3.76. The minimum atomic E-state index is 0.807. The van der Waals surface area contributed by atoms with Crippen LogP contribution in [0.1, 0.15) is 25.1 Å². The lowest BCUT2D eigenvalue weighted by Gasteiger charge is -2.28. The van der Waals surface area contributed by atoms with Gasteiger partial charge in [-0.3, -0.25) is 9.80 Å². The molecular formula is C65H53N7. The van der Waals surface area contributed by atoms with Crippen molar-refractivity contribution >= 4 is 79.8 Å². The third-order valence-corrected chi connectivity index (χ3v) is 12.9. The van der Waals surface area contributed by atoms with Gasteiger partial charge in [0.05, 0.1) is 29.3 Å². The summed E-state index contributed by atoms with van der Waals surface area (Å²) >= 11 is 0. The predicted molar refractivity (Wildman–Crippen MR) is 301 cm³/mol. The minimum absolute atomic E-state index is 0.807. The molecular weight excluding hydrogens is 879 g/mol. The highest BCUT2D eigenvalue weighted by Gasteiger charge is 2.23. The molecule has 348 valence electrons. The minimum Gasteiger partial charge on any atom is -0.313 e. The lowest BCUT2D eigenvalue weighted by atomic mass is 10.1. The maximum atomic E-state index is 5.17. The van der Waals surface area contributed by atoms with Crippen LogP contribution in [-0.4, -0.2) is 14.5 Å². The molecule has 8 aromatic carbocycles. The van der Waals surface area contributed by atoms with Crippen molar-refractivity contribution in [3.63, 3.8) is 0 Å². The van der Waals surface area contributed by atoms with Crippen LogP contribution in [0.25, 0.3) is 22.7 Å². The molecule has 0 aliphatic rings. The summed E-state index contributed by atoms with van der Waals surface area (Å²) in [5.41, 5.74) is 14.8. The molecule has 0 fully saturated rings. The number of benzene rings is 8. The number of hydrogen-bond donors (Lipinski definition) is 0. The third-order valence-electron chi connectivity index (χ3n) is 12.9. The summed E-state index contributed by atoms with van der Waals surface area (Å²) in [6, 6.07) is 88.9. The molecule has 0 amide bonds. The highest BCUT2D eigenvalue weighted by molar-refractivity contribution is 5.97. The summed E-state index contributed by atoms with van der Waals surface area (Å²) in [6.07, 6.45) is 7.14. The largest absolute Gasteiger partial charge is 0.313 e. The van der Waals surface area contributed by atoms with E-state index in [1.165, 1.54) is 5.69 Å². The standard InChI is InChI=1S/C65H53N7/c1-3-62-60(45-49(2)68(50-25-11-4-12-26-50)58-40-43-64(66-47-58)70(52-29-15-6-16-30-52)53-31-17-7-18-32-53)61-46-57(39-42-63(61)72(62)56-37-23-10-24-38-56)69(51-27-13-5-14-28-51)59-41-44-65(67-48-59)71(54-33-19-8-20-34-54)55-35-21-9-22-36-55/h4-48H,3H2,1-2H3/b49-45+. The van der Waals surface area contributed by atoms with E-state index in [4.69, 9.17) is 9.97 Å². The van der Waals surface area contributed by atoms with E-state index in [0.717, 1.165) is 97.1 Å². The quantitative estimate of drug-likeness (QED) is 0.102. The summed E-state index contributed by atoms with van der Waals surface area (Å²) < 4.78 is 2.42. The van der Waals surface area contributed by atoms with E-state index in [2.05, 4.69) is 275 Å². The van der Waals surface area contributed by atoms with Crippen LogP contribution in [-0.2, 0) is 6.42 Å². The van der Waals surface area contributed by atoms with Crippen molar-refractivity contribution in [3.8, 4) is 5.69 Å². The topological polar surface area (TPSA) is 43.7 Å². The second kappa shape index (κ2) is 20.6. The van der Waals surface area contributed by atoms with Crippen molar-refractivity contribution in [2.24, 2.45) is 0 Å². The Balaban J connectivity index is 1.04. The van der Waals surface area contributed by atoms with Gasteiger partial charge in [-0.15, -0.1) is 0 Å². The van der Waals surface area contributed by atoms with Crippen molar-refractivity contribution in [2.45, 2.75) is 20.3 Å². The van der Waals surface area contributed by atoms with Crippen LogP contribution in [0.2, 0.25) is 0 Å². The van der Waals surface area contributed by atoms with Gasteiger partial charge in [-0.05, 0) is 147 Å². The molecule has 0 bridgehead atoms. The summed E-state index contributed by atoms with van der Waals surface area (Å²) in [4.78, 5) is 19.3. The number of para-hydroxylation sites is 7. The molecule has 0 atom stereocenters. The molecule has 0 N–H and O–H groups in total. The Morgan fingerprint density at radius 3 is 1.21 bits per heavy atom. The average molecular weight is 932 g/mol. The van der Waals surface area contributed by atoms with E-state index < -0.39 is 0 Å². The number of aromatic nitrogens is 3. The van der Waals surface area contributed by atoms with E-state index in [1.807, 2.05) is 36.7 Å². The zero-order valence-electron chi connectivity index (χ0n) is 40.3. The number of hydrogen-bond acceptors (Lipinski definition) is 6. The predicted octanol–water partition coefficient (Wildman–Crippen LogP) is 17.6. The van der Waals surface area contributed by atoms with Crippen LogP contribution in [0, 0.1) is 0 Å². The van der Waals surface area contributed by atoms with Gasteiger partial charge >= 0.3 is 0 Å². The van der Waals surface area contributed by atoms with Crippen LogP contribution >= 0.6 is 0 Å². The molecule has 72 heavy (non-hydrogen) atoms. The first-order chi connectivity index (χ1) is 35.6. The Labute approximate surface area is 422 Å². The number of pyridine rings is 2. The Kier molecular flexibility index (Phi) is 12.9. The van der Waals surface area contributed by atoms with Crippen molar-refractivity contribution in [1.29, 1.82) is 0 Å². The van der Waals surface area contributed by atoms with E-state index in [-0.39, 0.29) is 0 Å². The first-order valence-corrected chi connectivity index (χ1v) is 24.5. The molecule has 7 heteroatoms. The van der Waals surface area contributed by atoms with Crippen LogP contribution < -0.4 is 19.6 Å². The van der Waals surface area contributed by atoms with E-state index in [1.54, 1.807) is 0 Å². The van der Waals surface area contributed by atoms with Crippen molar-refractivity contribution in [3.05, 3.63) is 284 Å². The number of nitrogens with zero attached hydrogens (tertiary/aromatic N) is 7. The molecule has 3 aromatic heterocycles. The third kappa shape index (κ3) is 9.10. The van der Waals surface area contributed by atoms with Crippen molar-refractivity contribution in [1.82, 2.24) is 14.5 Å². The first kappa shape index (κ1) is 45.0. The van der Waals surface area contributed by atoms with E-state index in [9.17, 15) is 0 Å². The van der Waals surface area contributed by atoms with Gasteiger partial charge in [-0.1, -0.05) is 134 Å². The molecule has 0 aliphatic carbocycles. The number of fused-ring (bicyclic) bond motifs is 1. The van der Waals surface area contributed by atoms with Crippen LogP contribution in [0.5, 0.6) is 0 Å². The number of rotatable bonds is 15. The fourth-order valence-electron chi connectivity index (χ4n) is 9.73. The maximum absolute atomic E-state index is 5.17. The molecule has 7 nitrogen and oxygen atoms in total. The van der Waals surface area contributed by atoms with Gasteiger partial charge in [0.2, 0.25) is 0 Å². The van der Waals surface area contributed by atoms with Crippen LogP contribution in [0.3, 0.4) is 0 Å². The fourth-order valence-corrected chi connectivity index (χ4v) is 9.73. The molecule has 11 aromatic rings. The van der Waals surface area contributed by atoms with Crippen molar-refractivity contribution in [2.75, 3.05) is 19.6 Å². The highest BCUT2D eigenvalue weighted by Crippen LogP contribution is 2.42. The molecule has 0 aliphatic heterocycles. The Morgan fingerprint density at radius 2 is 0.792 bits per heavy atom. The van der Waals surface area contributed by atoms with Gasteiger partial charge in [0.1, 0.15) is 11.6 Å². The highest BCUT2D eigenvalue weighted by atomic mass is 15.2. The van der Waals surface area contributed by atoms with E-state index >= 15 is 0 Å². The SMILES string of the molecule is CCc1c(/C=C(\C)N(c2ccccc2)c2ccc(N(c3ccccc3)c3ccccc3)nc2)c2cc(N(c3ccccc3)c3ccc(N(c4ccccc4)c4ccccc4)nc3)ccc2n1-c1ccccc1. The molecule has 0 unspecified atom stereocenters. The Bertz CT molecular complexity index is 3450. The fraction of sp³-hybridized carbons (Fsp3) is 0.0462. The molecule has 3 heterocycles. The summed E-state index contributed by atoms with van der Waals surface area (Å²) in [7, 11) is 0. The van der Waals surface area contributed by atoms with Crippen molar-refractivity contribution < 1.29 is 0 Å².